The molecule has 5 nitrogen and oxygen atoms in total. The Hall–Kier alpha value is -1.82. The van der Waals surface area contributed by atoms with E-state index in [0.29, 0.717) is 36.5 Å². The van der Waals surface area contributed by atoms with E-state index >= 15 is 0 Å². The van der Waals surface area contributed by atoms with Gasteiger partial charge in [0.05, 0.1) is 16.1 Å². The van der Waals surface area contributed by atoms with Crippen molar-refractivity contribution < 1.29 is 17.6 Å². The number of sulfone groups is 1. The summed E-state index contributed by atoms with van der Waals surface area (Å²) in [6.45, 7) is 4.81. The molecule has 27 heavy (non-hydrogen) atoms. The third-order valence-corrected chi connectivity index (χ3v) is 8.89. The Morgan fingerprint density at radius 2 is 1.93 bits per heavy atom. The molecule has 1 aromatic heterocycles. The minimum Gasteiger partial charge on any atom is -0.463 e. The summed E-state index contributed by atoms with van der Waals surface area (Å²) in [6, 6.07) is 5.95. The first-order chi connectivity index (χ1) is 12.8. The van der Waals surface area contributed by atoms with Crippen LogP contribution < -0.4 is 0 Å². The largest absolute Gasteiger partial charge is 0.463 e. The maximum absolute atomic E-state index is 13.3. The van der Waals surface area contributed by atoms with Gasteiger partial charge in [0.25, 0.3) is 5.91 Å². The normalized spacial score (nSPS) is 21.8. The van der Waals surface area contributed by atoms with Crippen LogP contribution in [0.15, 0.2) is 28.9 Å². The molecule has 0 bridgehead atoms. The lowest BCUT2D eigenvalue weighted by atomic mass is 9.87. The number of carbonyl (C=O) groups excluding carboxylic acids is 1. The Kier molecular flexibility index (Phi) is 4.57. The van der Waals surface area contributed by atoms with Crippen LogP contribution in [-0.4, -0.2) is 42.8 Å². The van der Waals surface area contributed by atoms with Crippen molar-refractivity contribution in [3.8, 4) is 0 Å². The summed E-state index contributed by atoms with van der Waals surface area (Å²) in [7, 11) is -3.16. The molecule has 6 heteroatoms. The first kappa shape index (κ1) is 18.5. The van der Waals surface area contributed by atoms with E-state index in [4.69, 9.17) is 4.42 Å². The highest BCUT2D eigenvalue weighted by Crippen LogP contribution is 2.39. The Morgan fingerprint density at radius 1 is 1.19 bits per heavy atom. The third-order valence-electron chi connectivity index (χ3n) is 6.32. The van der Waals surface area contributed by atoms with E-state index in [1.54, 1.807) is 4.90 Å². The molecule has 1 aliphatic heterocycles. The molecule has 1 aromatic carbocycles. The Morgan fingerprint density at radius 3 is 2.63 bits per heavy atom. The van der Waals surface area contributed by atoms with Crippen LogP contribution in [0.4, 0.5) is 0 Å². The molecule has 0 N–H and O–H groups in total. The summed E-state index contributed by atoms with van der Waals surface area (Å²) in [5.74, 6) is 0.304. The molecule has 2 aromatic rings. The maximum Gasteiger partial charge on any atom is 0.257 e. The smallest absolute Gasteiger partial charge is 0.257 e. The number of furan rings is 1. The van der Waals surface area contributed by atoms with Crippen molar-refractivity contribution in [3.63, 3.8) is 0 Å². The van der Waals surface area contributed by atoms with Gasteiger partial charge in [0.2, 0.25) is 0 Å². The summed E-state index contributed by atoms with van der Waals surface area (Å²) < 4.78 is 30.4. The second-order valence-electron chi connectivity index (χ2n) is 8.35. The lowest BCUT2D eigenvalue weighted by Gasteiger charge is -2.44. The number of nitrogens with zero attached hydrogens (tertiary/aromatic N) is 1. The van der Waals surface area contributed by atoms with Crippen molar-refractivity contribution in [1.82, 2.24) is 4.90 Å². The fourth-order valence-corrected chi connectivity index (χ4v) is 6.71. The molecule has 4 rings (SSSR count). The summed E-state index contributed by atoms with van der Waals surface area (Å²) in [4.78, 5) is 15.0. The van der Waals surface area contributed by atoms with E-state index in [0.717, 1.165) is 30.2 Å². The minimum absolute atomic E-state index is 0.0613. The first-order valence-corrected chi connectivity index (χ1v) is 11.5. The topological polar surface area (TPSA) is 67.6 Å². The molecule has 0 radical (unpaired) electrons. The van der Waals surface area contributed by atoms with Gasteiger partial charge in [0, 0.05) is 18.5 Å². The first-order valence-electron chi connectivity index (χ1n) is 9.86. The highest BCUT2D eigenvalue weighted by atomic mass is 32.2. The van der Waals surface area contributed by atoms with Crippen LogP contribution in [0.5, 0.6) is 0 Å². The molecular formula is C21H27NO4S. The highest BCUT2D eigenvalue weighted by molar-refractivity contribution is 7.92. The van der Waals surface area contributed by atoms with Crippen molar-refractivity contribution in [3.05, 3.63) is 35.6 Å². The van der Waals surface area contributed by atoms with Crippen molar-refractivity contribution in [2.24, 2.45) is 0 Å². The fourth-order valence-electron chi connectivity index (χ4n) is 4.55. The number of carbonyl (C=O) groups is 1. The molecular weight excluding hydrogens is 362 g/mol. The van der Waals surface area contributed by atoms with Crippen LogP contribution in [0.25, 0.3) is 11.0 Å². The van der Waals surface area contributed by atoms with Crippen molar-refractivity contribution in [1.29, 1.82) is 0 Å². The second kappa shape index (κ2) is 6.66. The van der Waals surface area contributed by atoms with Crippen molar-refractivity contribution in [2.45, 2.75) is 56.6 Å². The third kappa shape index (κ3) is 3.08. The number of hydrogen-bond donors (Lipinski definition) is 0. The van der Waals surface area contributed by atoms with Crippen LogP contribution in [0.3, 0.4) is 0 Å². The molecule has 2 aliphatic rings. The van der Waals surface area contributed by atoms with Gasteiger partial charge in [0.15, 0.2) is 9.84 Å². The summed E-state index contributed by atoms with van der Waals surface area (Å²) in [5.41, 5.74) is 2.39. The standard InChI is InChI=1S/C21H27NO4S/c1-15(2)16-6-7-19-17(12-16)18(13-26-19)20(23)22-10-11-27(24,25)21(14-22)8-4-3-5-9-21/h6-7,12-13,15H,3-5,8-11,14H2,1-2H3. The lowest BCUT2D eigenvalue weighted by molar-refractivity contribution is 0.0724. The number of hydrogen-bond acceptors (Lipinski definition) is 4. The van der Waals surface area contributed by atoms with Gasteiger partial charge in [-0.2, -0.15) is 0 Å². The lowest BCUT2D eigenvalue weighted by Crippen LogP contribution is -2.58. The zero-order valence-electron chi connectivity index (χ0n) is 16.0. The molecule has 1 amide bonds. The van der Waals surface area contributed by atoms with Gasteiger partial charge in [-0.25, -0.2) is 8.42 Å². The number of rotatable bonds is 2. The van der Waals surface area contributed by atoms with Crippen LogP contribution in [0, 0.1) is 0 Å². The monoisotopic (exact) mass is 389 g/mol. The van der Waals surface area contributed by atoms with Gasteiger partial charge >= 0.3 is 0 Å². The Labute approximate surface area is 160 Å². The zero-order valence-corrected chi connectivity index (χ0v) is 16.8. The van der Waals surface area contributed by atoms with E-state index < -0.39 is 14.6 Å². The van der Waals surface area contributed by atoms with Crippen molar-refractivity contribution >= 4 is 26.7 Å². The van der Waals surface area contributed by atoms with E-state index in [-0.39, 0.29) is 18.2 Å². The molecule has 1 spiro atoms. The average molecular weight is 390 g/mol. The molecule has 1 saturated heterocycles. The van der Waals surface area contributed by atoms with E-state index in [9.17, 15) is 13.2 Å². The van der Waals surface area contributed by atoms with Crippen LogP contribution in [-0.2, 0) is 9.84 Å². The van der Waals surface area contributed by atoms with Crippen LogP contribution >= 0.6 is 0 Å². The Bertz CT molecular complexity index is 967. The summed E-state index contributed by atoms with van der Waals surface area (Å²) in [5, 5.41) is 0.817. The number of benzene rings is 1. The van der Waals surface area contributed by atoms with E-state index in [1.165, 1.54) is 6.26 Å². The second-order valence-corrected chi connectivity index (χ2v) is 10.9. The van der Waals surface area contributed by atoms with Gasteiger partial charge < -0.3 is 9.32 Å². The minimum atomic E-state index is -3.16. The Balaban J connectivity index is 1.67. The summed E-state index contributed by atoms with van der Waals surface area (Å²) in [6.07, 6.45) is 5.79. The summed E-state index contributed by atoms with van der Waals surface area (Å²) >= 11 is 0. The quantitative estimate of drug-likeness (QED) is 0.774. The molecule has 1 saturated carbocycles. The number of amides is 1. The molecule has 2 fully saturated rings. The van der Waals surface area contributed by atoms with Gasteiger partial charge in [-0.05, 0) is 36.5 Å². The molecule has 0 atom stereocenters. The SMILES string of the molecule is CC(C)c1ccc2occ(C(=O)N3CCS(=O)(=O)C4(CCCCC4)C3)c2c1. The van der Waals surface area contributed by atoms with Gasteiger partial charge in [-0.1, -0.05) is 39.2 Å². The fraction of sp³-hybridized carbons (Fsp3) is 0.571. The molecule has 146 valence electrons. The molecule has 2 heterocycles. The van der Waals surface area contributed by atoms with Gasteiger partial charge in [-0.3, -0.25) is 4.79 Å². The average Bonchev–Trinajstić information content (AvgIpc) is 3.07. The zero-order chi connectivity index (χ0) is 19.2. The van der Waals surface area contributed by atoms with E-state index in [1.807, 2.05) is 18.2 Å². The predicted molar refractivity (Wildman–Crippen MR) is 106 cm³/mol. The number of fused-ring (bicyclic) bond motifs is 1. The van der Waals surface area contributed by atoms with E-state index in [2.05, 4.69) is 13.8 Å². The van der Waals surface area contributed by atoms with Gasteiger partial charge in [-0.15, -0.1) is 0 Å². The maximum atomic E-state index is 13.3. The predicted octanol–water partition coefficient (Wildman–Crippen LogP) is 4.13. The van der Waals surface area contributed by atoms with Crippen LogP contribution in [0.1, 0.15) is 67.8 Å². The van der Waals surface area contributed by atoms with Crippen LogP contribution in [0.2, 0.25) is 0 Å². The highest BCUT2D eigenvalue weighted by Gasteiger charge is 2.49. The molecule has 0 unspecified atom stereocenters. The van der Waals surface area contributed by atoms with Gasteiger partial charge in [0.1, 0.15) is 11.8 Å². The van der Waals surface area contributed by atoms with Crippen molar-refractivity contribution in [2.75, 3.05) is 18.8 Å². The molecule has 1 aliphatic carbocycles.